The van der Waals surface area contributed by atoms with Gasteiger partial charge in [-0.1, -0.05) is 19.4 Å². The van der Waals surface area contributed by atoms with Gasteiger partial charge in [-0.05, 0) is 25.0 Å². The quantitative estimate of drug-likeness (QED) is 0.613. The van der Waals surface area contributed by atoms with Gasteiger partial charge in [0.2, 0.25) is 5.91 Å². The van der Waals surface area contributed by atoms with Gasteiger partial charge in [0.25, 0.3) is 5.91 Å². The van der Waals surface area contributed by atoms with Crippen LogP contribution in [0.15, 0.2) is 18.2 Å². The van der Waals surface area contributed by atoms with E-state index in [1.54, 1.807) is 30.8 Å². The molecule has 1 aromatic rings. The van der Waals surface area contributed by atoms with E-state index in [0.717, 1.165) is 24.8 Å². The highest BCUT2D eigenvalue weighted by Gasteiger charge is 2.43. The minimum atomic E-state index is -0.603. The molecule has 1 aliphatic heterocycles. The van der Waals surface area contributed by atoms with Crippen LogP contribution in [0.1, 0.15) is 42.1 Å². The Balaban J connectivity index is 0.00000243. The monoisotopic (exact) mass is 382 g/mol. The molecule has 8 heteroatoms. The molecule has 144 valence electrons. The van der Waals surface area contributed by atoms with Crippen LogP contribution in [-0.4, -0.2) is 48.3 Å². The molecule has 0 aromatic heterocycles. The van der Waals surface area contributed by atoms with E-state index in [0.29, 0.717) is 31.0 Å². The van der Waals surface area contributed by atoms with Gasteiger partial charge in [0.15, 0.2) is 0 Å². The predicted molar refractivity (Wildman–Crippen MR) is 99.7 cm³/mol. The first-order valence-corrected chi connectivity index (χ1v) is 8.49. The third-order valence-electron chi connectivity index (χ3n) is 5.12. The first-order valence-electron chi connectivity index (χ1n) is 8.49. The van der Waals surface area contributed by atoms with Gasteiger partial charge in [-0.15, -0.1) is 0 Å². The van der Waals surface area contributed by atoms with Crippen molar-refractivity contribution in [2.75, 3.05) is 20.3 Å². The van der Waals surface area contributed by atoms with Crippen molar-refractivity contribution in [1.29, 1.82) is 0 Å². The van der Waals surface area contributed by atoms with Gasteiger partial charge in [-0.3, -0.25) is 14.8 Å². The van der Waals surface area contributed by atoms with E-state index >= 15 is 0 Å². The van der Waals surface area contributed by atoms with Gasteiger partial charge in [-0.2, -0.15) is 13.5 Å². The molecular weight excluding hydrogens is 356 g/mol. The number of ether oxygens (including phenoxy) is 2. The van der Waals surface area contributed by atoms with Gasteiger partial charge >= 0.3 is 0 Å². The average Bonchev–Trinajstić information content (AvgIpc) is 2.76. The number of nitrogens with one attached hydrogen (secondary N) is 1. The molecular formula is C18H26N2O5S. The molecule has 0 saturated heterocycles. The summed E-state index contributed by atoms with van der Waals surface area (Å²) in [6.45, 7) is 3.24. The Morgan fingerprint density at radius 3 is 2.73 bits per heavy atom. The molecule has 1 aliphatic carbocycles. The minimum absolute atomic E-state index is 0. The summed E-state index contributed by atoms with van der Waals surface area (Å²) >= 11 is 0. The van der Waals surface area contributed by atoms with Crippen LogP contribution in [0.3, 0.4) is 0 Å². The summed E-state index contributed by atoms with van der Waals surface area (Å²) in [7, 11) is 1.59. The lowest BCUT2D eigenvalue weighted by molar-refractivity contribution is -0.147. The predicted octanol–water partition coefficient (Wildman–Crippen LogP) is 1.84. The maximum Gasteiger partial charge on any atom is 0.274 e. The molecule has 0 bridgehead atoms. The molecule has 1 saturated carbocycles. The van der Waals surface area contributed by atoms with Crippen molar-refractivity contribution < 1.29 is 24.3 Å². The fraction of sp³-hybridized carbons (Fsp3) is 0.556. The van der Waals surface area contributed by atoms with Gasteiger partial charge in [0, 0.05) is 30.2 Å². The van der Waals surface area contributed by atoms with Crippen LogP contribution in [-0.2, 0) is 16.1 Å². The number of carbonyl (C=O) groups excluding carboxylic acids is 2. The number of hydrogen-bond acceptors (Lipinski definition) is 5. The number of amides is 2. The van der Waals surface area contributed by atoms with Crippen LogP contribution < -0.4 is 10.2 Å². The van der Waals surface area contributed by atoms with Crippen LogP contribution in [0.25, 0.3) is 0 Å². The molecule has 1 atom stereocenters. The normalized spacial score (nSPS) is 20.6. The van der Waals surface area contributed by atoms with Crippen molar-refractivity contribution in [1.82, 2.24) is 10.4 Å². The molecule has 3 rings (SSSR count). The second-order valence-electron chi connectivity index (χ2n) is 7.06. The minimum Gasteiger partial charge on any atom is -0.486 e. The fourth-order valence-corrected chi connectivity index (χ4v) is 3.46. The lowest BCUT2D eigenvalue weighted by Crippen LogP contribution is -2.48. The molecule has 0 unspecified atom stereocenters. The Morgan fingerprint density at radius 1 is 1.42 bits per heavy atom. The zero-order valence-corrected chi connectivity index (χ0v) is 16.1. The molecule has 2 aliphatic rings. The van der Waals surface area contributed by atoms with Crippen molar-refractivity contribution in [3.05, 3.63) is 29.3 Å². The highest BCUT2D eigenvalue weighted by Crippen LogP contribution is 2.42. The molecule has 2 amide bonds. The number of carbonyl (C=O) groups is 2. The van der Waals surface area contributed by atoms with Crippen LogP contribution in [0.4, 0.5) is 0 Å². The molecule has 1 fully saturated rings. The first-order chi connectivity index (χ1) is 12.0. The number of rotatable bonds is 4. The van der Waals surface area contributed by atoms with E-state index in [1.165, 1.54) is 0 Å². The van der Waals surface area contributed by atoms with E-state index in [4.69, 9.17) is 14.7 Å². The number of benzene rings is 1. The summed E-state index contributed by atoms with van der Waals surface area (Å²) in [5, 5.41) is 8.81. The number of methoxy groups -OCH3 is 1. The first kappa shape index (κ1) is 20.5. The maximum atomic E-state index is 13.0. The summed E-state index contributed by atoms with van der Waals surface area (Å²) in [4.78, 5) is 26.4. The molecule has 0 spiro atoms. The van der Waals surface area contributed by atoms with Crippen LogP contribution in [0.2, 0.25) is 0 Å². The van der Waals surface area contributed by atoms with E-state index in [9.17, 15) is 9.59 Å². The van der Waals surface area contributed by atoms with E-state index < -0.39 is 5.91 Å². The molecule has 1 aromatic carbocycles. The average molecular weight is 382 g/mol. The van der Waals surface area contributed by atoms with Crippen molar-refractivity contribution in [2.45, 2.75) is 38.8 Å². The Labute approximate surface area is 160 Å². The number of fused-ring (bicyclic) bond motifs is 1. The number of hydroxylamine groups is 1. The van der Waals surface area contributed by atoms with Gasteiger partial charge in [0.05, 0.1) is 13.2 Å². The van der Waals surface area contributed by atoms with E-state index in [-0.39, 0.29) is 30.9 Å². The van der Waals surface area contributed by atoms with Gasteiger partial charge in [0.1, 0.15) is 11.9 Å². The van der Waals surface area contributed by atoms with Crippen LogP contribution in [0.5, 0.6) is 5.75 Å². The largest absolute Gasteiger partial charge is 0.486 e. The topological polar surface area (TPSA) is 88.1 Å². The van der Waals surface area contributed by atoms with Crippen LogP contribution in [0, 0.1) is 5.41 Å². The van der Waals surface area contributed by atoms with Crippen LogP contribution >= 0.6 is 13.5 Å². The van der Waals surface area contributed by atoms with Crippen molar-refractivity contribution in [2.24, 2.45) is 5.41 Å². The van der Waals surface area contributed by atoms with E-state index in [2.05, 4.69) is 0 Å². The van der Waals surface area contributed by atoms with Crippen molar-refractivity contribution in [3.8, 4) is 5.75 Å². The van der Waals surface area contributed by atoms with Crippen molar-refractivity contribution >= 4 is 25.3 Å². The summed E-state index contributed by atoms with van der Waals surface area (Å²) in [5.41, 5.74) is 2.47. The number of hydrogen-bond donors (Lipinski definition) is 2. The second kappa shape index (κ2) is 8.28. The Morgan fingerprint density at radius 2 is 2.15 bits per heavy atom. The highest BCUT2D eigenvalue weighted by molar-refractivity contribution is 7.59. The number of nitrogens with zero attached hydrogens (tertiary/aromatic N) is 1. The lowest BCUT2D eigenvalue weighted by atomic mass is 9.69. The molecule has 26 heavy (non-hydrogen) atoms. The summed E-state index contributed by atoms with van der Waals surface area (Å²) in [5.74, 6) is 0.0829. The lowest BCUT2D eigenvalue weighted by Gasteiger charge is -2.40. The molecule has 7 nitrogen and oxygen atoms in total. The van der Waals surface area contributed by atoms with Crippen molar-refractivity contribution in [3.63, 3.8) is 0 Å². The molecule has 2 N–H and O–H groups in total. The standard InChI is InChI=1S/C18H24N2O5.H2S/c1-18(6-3-7-18)17(22)20-9-13-5-4-12(16(21)19-23)8-15(13)25-14(10-20)11-24-2;/h4-5,8,14,23H,3,6-7,9-11H2,1-2H3,(H,19,21);1H2/t14-;/m0./s1. The highest BCUT2D eigenvalue weighted by atomic mass is 32.1. The maximum absolute atomic E-state index is 13.0. The third-order valence-corrected chi connectivity index (χ3v) is 5.12. The summed E-state index contributed by atoms with van der Waals surface area (Å²) in [6, 6.07) is 4.96. The smallest absolute Gasteiger partial charge is 0.274 e. The SMILES string of the molecule is COC[C@@H]1CN(C(=O)C2(C)CCC2)Cc2ccc(C(=O)NO)cc2O1.S. The fourth-order valence-electron chi connectivity index (χ4n) is 3.46. The zero-order chi connectivity index (χ0) is 18.0. The Bertz CT molecular complexity index is 678. The van der Waals surface area contributed by atoms with E-state index in [1.807, 2.05) is 11.8 Å². The summed E-state index contributed by atoms with van der Waals surface area (Å²) < 4.78 is 11.2. The van der Waals surface area contributed by atoms with Gasteiger partial charge in [-0.25, -0.2) is 5.48 Å². The second-order valence-corrected chi connectivity index (χ2v) is 7.06. The third kappa shape index (κ3) is 3.97. The molecule has 1 heterocycles. The Hall–Kier alpha value is -1.77. The summed E-state index contributed by atoms with van der Waals surface area (Å²) in [6.07, 6.45) is 2.61. The zero-order valence-electron chi connectivity index (χ0n) is 15.1. The molecule has 0 radical (unpaired) electrons. The van der Waals surface area contributed by atoms with Gasteiger partial charge < -0.3 is 14.4 Å². The Kier molecular flexibility index (Phi) is 6.54.